The fourth-order valence-electron chi connectivity index (χ4n) is 2.43. The molecule has 12 heteroatoms. The molecule has 30 heavy (non-hydrogen) atoms. The molecule has 8 nitrogen and oxygen atoms in total. The van der Waals surface area contributed by atoms with Gasteiger partial charge in [0, 0.05) is 10.0 Å². The Morgan fingerprint density at radius 3 is 2.17 bits per heavy atom. The summed E-state index contributed by atoms with van der Waals surface area (Å²) < 4.78 is 8.80. The highest BCUT2D eigenvalue weighted by Crippen LogP contribution is 2.36. The van der Waals surface area contributed by atoms with Crippen LogP contribution in [0.3, 0.4) is 0 Å². The zero-order chi connectivity index (χ0) is 22.3. The van der Waals surface area contributed by atoms with Crippen LogP contribution < -0.4 is 4.90 Å². The van der Waals surface area contributed by atoms with E-state index in [9.17, 15) is 9.59 Å². The molecule has 0 fully saturated rings. The Kier molecular flexibility index (Phi) is 9.09. The molecule has 0 amide bonds. The van der Waals surface area contributed by atoms with Crippen LogP contribution in [0.4, 0.5) is 5.69 Å². The van der Waals surface area contributed by atoms with Crippen molar-refractivity contribution >= 4 is 68.4 Å². The molecule has 0 aliphatic rings. The molecule has 0 bridgehead atoms. The van der Waals surface area contributed by atoms with Crippen LogP contribution in [0.5, 0.6) is 0 Å². The number of benzene rings is 1. The summed E-state index contributed by atoms with van der Waals surface area (Å²) in [6.45, 7) is 3.62. The molecule has 1 aromatic carbocycles. The van der Waals surface area contributed by atoms with Crippen molar-refractivity contribution in [2.24, 2.45) is 0 Å². The van der Waals surface area contributed by atoms with Crippen molar-refractivity contribution in [2.75, 3.05) is 31.2 Å². The molecule has 1 heterocycles. The monoisotopic (exact) mass is 538 g/mol. The van der Waals surface area contributed by atoms with Gasteiger partial charge in [0.1, 0.15) is 19.4 Å². The lowest BCUT2D eigenvalue weighted by Crippen LogP contribution is -2.36. The lowest BCUT2D eigenvalue weighted by molar-refractivity contribution is -0.142. The molecule has 0 N–H and O–H groups in total. The van der Waals surface area contributed by atoms with Gasteiger partial charge < -0.3 is 14.4 Å². The van der Waals surface area contributed by atoms with Crippen molar-refractivity contribution in [3.63, 3.8) is 0 Å². The number of esters is 2. The molecule has 0 aliphatic heterocycles. The Balaban J connectivity index is 2.35. The molecule has 1 aromatic heterocycles. The van der Waals surface area contributed by atoms with E-state index in [1.54, 1.807) is 36.9 Å². The number of hydrogen-bond acceptors (Lipinski definition) is 8. The van der Waals surface area contributed by atoms with Crippen molar-refractivity contribution in [1.82, 2.24) is 15.0 Å². The first kappa shape index (κ1) is 24.6. The summed E-state index contributed by atoms with van der Waals surface area (Å²) in [5, 5.41) is 0. The molecule has 0 radical (unpaired) electrons. The second-order valence-electron chi connectivity index (χ2n) is 5.76. The maximum Gasteiger partial charge on any atom is 0.325 e. The molecule has 162 valence electrons. The first-order valence-electron chi connectivity index (χ1n) is 8.78. The van der Waals surface area contributed by atoms with Gasteiger partial charge in [0.05, 0.1) is 18.9 Å². The van der Waals surface area contributed by atoms with Crippen molar-refractivity contribution in [2.45, 2.75) is 17.6 Å². The maximum atomic E-state index is 12.0. The molecule has 0 unspecified atom stereocenters. The van der Waals surface area contributed by atoms with Gasteiger partial charge in [0.15, 0.2) is 11.6 Å². The predicted octanol–water partition coefficient (Wildman–Crippen LogP) is 4.06. The number of aromatic nitrogens is 3. The van der Waals surface area contributed by atoms with E-state index in [0.717, 1.165) is 0 Å². The zero-order valence-electron chi connectivity index (χ0n) is 16.1. The van der Waals surface area contributed by atoms with Gasteiger partial charge in [-0.2, -0.15) is 0 Å². The van der Waals surface area contributed by atoms with Gasteiger partial charge in [-0.3, -0.25) is 9.59 Å². The molecule has 0 spiro atoms. The minimum atomic E-state index is -1.79. The van der Waals surface area contributed by atoms with E-state index in [2.05, 4.69) is 30.9 Å². The summed E-state index contributed by atoms with van der Waals surface area (Å²) >= 11 is 21.0. The van der Waals surface area contributed by atoms with E-state index in [4.69, 9.17) is 44.3 Å². The summed E-state index contributed by atoms with van der Waals surface area (Å²) in [6, 6.07) is 5.13. The van der Waals surface area contributed by atoms with Gasteiger partial charge in [-0.05, 0) is 48.0 Å². The van der Waals surface area contributed by atoms with Crippen molar-refractivity contribution in [1.29, 1.82) is 0 Å². The first-order valence-corrected chi connectivity index (χ1v) is 10.7. The number of carbonyl (C=O) groups is 2. The molecule has 0 saturated heterocycles. The second-order valence-corrected chi connectivity index (χ2v) is 8.90. The summed E-state index contributed by atoms with van der Waals surface area (Å²) in [7, 11) is 0. The van der Waals surface area contributed by atoms with Crippen LogP contribution in [0, 0.1) is 0 Å². The van der Waals surface area contributed by atoms with E-state index in [1.807, 2.05) is 0 Å². The van der Waals surface area contributed by atoms with E-state index < -0.39 is 15.7 Å². The molecule has 0 aliphatic carbocycles. The largest absolute Gasteiger partial charge is 0.465 e. The fraction of sp³-hybridized carbons (Fsp3) is 0.389. The van der Waals surface area contributed by atoms with Crippen LogP contribution >= 0.6 is 50.7 Å². The van der Waals surface area contributed by atoms with Crippen LogP contribution in [-0.2, 0) is 22.9 Å². The summed E-state index contributed by atoms with van der Waals surface area (Å²) in [5.41, 5.74) is 1.19. The summed E-state index contributed by atoms with van der Waals surface area (Å²) in [6.07, 6.45) is 1.25. The highest BCUT2D eigenvalue weighted by Gasteiger charge is 2.27. The van der Waals surface area contributed by atoms with Gasteiger partial charge >= 0.3 is 11.9 Å². The van der Waals surface area contributed by atoms with Gasteiger partial charge in [-0.15, -0.1) is 0 Å². The highest BCUT2D eigenvalue weighted by atomic mass is 79.9. The highest BCUT2D eigenvalue weighted by molar-refractivity contribution is 9.10. The van der Waals surface area contributed by atoms with Gasteiger partial charge in [-0.1, -0.05) is 34.8 Å². The number of anilines is 1. The summed E-state index contributed by atoms with van der Waals surface area (Å²) in [4.78, 5) is 37.7. The van der Waals surface area contributed by atoms with Crippen molar-refractivity contribution in [3.8, 4) is 11.4 Å². The Labute approximate surface area is 197 Å². The third-order valence-corrected chi connectivity index (χ3v) is 4.76. The average Bonchev–Trinajstić information content (AvgIpc) is 2.67. The van der Waals surface area contributed by atoms with Gasteiger partial charge in [0.25, 0.3) is 0 Å². The Morgan fingerprint density at radius 1 is 1.07 bits per heavy atom. The third kappa shape index (κ3) is 6.94. The predicted molar refractivity (Wildman–Crippen MR) is 118 cm³/mol. The lowest BCUT2D eigenvalue weighted by Gasteiger charge is -2.24. The standard InChI is InChI=1S/C18H18BrCl3N4O4/c1-3-29-14(27)8-26(9-15(28)30-4-2)13-6-5-11(7-12(13)19)16-23-10-24-17(25-16)18(20,21)22/h5-7,10H,3-4,8-9H2,1-2H3. The number of hydrogen-bond donors (Lipinski definition) is 0. The number of nitrogens with zero attached hydrogens (tertiary/aromatic N) is 4. The smallest absolute Gasteiger partial charge is 0.325 e. The number of alkyl halides is 3. The van der Waals surface area contributed by atoms with Crippen molar-refractivity contribution < 1.29 is 19.1 Å². The number of rotatable bonds is 8. The molecular weight excluding hydrogens is 522 g/mol. The van der Waals surface area contributed by atoms with E-state index >= 15 is 0 Å². The molecule has 2 rings (SSSR count). The minimum absolute atomic E-state index is 0.0102. The van der Waals surface area contributed by atoms with E-state index in [0.29, 0.717) is 21.5 Å². The third-order valence-electron chi connectivity index (χ3n) is 3.62. The van der Waals surface area contributed by atoms with Gasteiger partial charge in [0.2, 0.25) is 3.79 Å². The Bertz CT molecular complexity index is 891. The van der Waals surface area contributed by atoms with E-state index in [-0.39, 0.29) is 32.1 Å². The quantitative estimate of drug-likeness (QED) is 0.366. The SMILES string of the molecule is CCOC(=O)CN(CC(=O)OCC)c1ccc(-c2ncnc(C(Cl)(Cl)Cl)n2)cc1Br. The average molecular weight is 541 g/mol. The van der Waals surface area contributed by atoms with Crippen LogP contribution in [0.25, 0.3) is 11.4 Å². The molecule has 0 atom stereocenters. The van der Waals surface area contributed by atoms with Crippen molar-refractivity contribution in [3.05, 3.63) is 34.8 Å². The van der Waals surface area contributed by atoms with E-state index in [1.165, 1.54) is 6.33 Å². The normalized spacial score (nSPS) is 11.1. The lowest BCUT2D eigenvalue weighted by atomic mass is 10.1. The first-order chi connectivity index (χ1) is 14.2. The fourth-order valence-corrected chi connectivity index (χ4v) is 3.33. The topological polar surface area (TPSA) is 94.5 Å². The Morgan fingerprint density at radius 2 is 1.67 bits per heavy atom. The number of halogens is 4. The molecule has 0 saturated carbocycles. The zero-order valence-corrected chi connectivity index (χ0v) is 19.9. The molecular formula is C18H18BrCl3N4O4. The Hall–Kier alpha value is -1.68. The summed E-state index contributed by atoms with van der Waals surface area (Å²) in [5.74, 6) is -0.657. The number of carbonyl (C=O) groups excluding carboxylic acids is 2. The van der Waals surface area contributed by atoms with Crippen LogP contribution in [0.15, 0.2) is 29.0 Å². The maximum absolute atomic E-state index is 12.0. The van der Waals surface area contributed by atoms with Crippen LogP contribution in [0.1, 0.15) is 19.7 Å². The second kappa shape index (κ2) is 11.1. The number of ether oxygens (including phenoxy) is 2. The van der Waals surface area contributed by atoms with Crippen LogP contribution in [0.2, 0.25) is 0 Å². The molecule has 2 aromatic rings. The minimum Gasteiger partial charge on any atom is -0.465 e. The van der Waals surface area contributed by atoms with Crippen LogP contribution in [-0.4, -0.2) is 53.2 Å². The van der Waals surface area contributed by atoms with Gasteiger partial charge in [-0.25, -0.2) is 15.0 Å².